The van der Waals surface area contributed by atoms with Crippen LogP contribution >= 0.6 is 0 Å². The van der Waals surface area contributed by atoms with Gasteiger partial charge in [0.1, 0.15) is 0 Å². The second-order valence-electron chi connectivity index (χ2n) is 8.26. The third-order valence-corrected chi connectivity index (χ3v) is 5.95. The highest BCUT2D eigenvalue weighted by molar-refractivity contribution is 6.07. The summed E-state index contributed by atoms with van der Waals surface area (Å²) in [6.07, 6.45) is 10.6. The predicted octanol–water partition coefficient (Wildman–Crippen LogP) is 3.40. The lowest BCUT2D eigenvalue weighted by atomic mass is 10.0. The third-order valence-electron chi connectivity index (χ3n) is 5.95. The van der Waals surface area contributed by atoms with E-state index < -0.39 is 0 Å². The molecule has 158 valence electrons. The second kappa shape index (κ2) is 8.46. The molecule has 1 saturated carbocycles. The summed E-state index contributed by atoms with van der Waals surface area (Å²) in [4.78, 5) is 32.0. The predicted molar refractivity (Wildman–Crippen MR) is 115 cm³/mol. The van der Waals surface area contributed by atoms with E-state index in [-0.39, 0.29) is 17.9 Å². The molecule has 1 aromatic rings. The van der Waals surface area contributed by atoms with Crippen molar-refractivity contribution in [2.24, 2.45) is 5.92 Å². The quantitative estimate of drug-likeness (QED) is 0.752. The van der Waals surface area contributed by atoms with Crippen LogP contribution in [0.25, 0.3) is 0 Å². The number of carbonyl (C=O) groups excluding carboxylic acids is 2. The number of nitrogens with zero attached hydrogens (tertiary/aromatic N) is 2. The average molecular weight is 408 g/mol. The smallest absolute Gasteiger partial charge is 0.255 e. The van der Waals surface area contributed by atoms with Crippen LogP contribution in [0.1, 0.15) is 50.3 Å². The van der Waals surface area contributed by atoms with Crippen LogP contribution in [0.5, 0.6) is 5.88 Å². The number of rotatable bonds is 7. The number of aromatic nitrogens is 1. The number of allylic oxidation sites excluding steroid dienone is 2. The Morgan fingerprint density at radius 3 is 2.90 bits per heavy atom. The van der Waals surface area contributed by atoms with E-state index in [1.165, 1.54) is 12.8 Å². The molecular weight excluding hydrogens is 378 g/mol. The van der Waals surface area contributed by atoms with Crippen LogP contribution in [0.15, 0.2) is 47.2 Å². The number of likely N-dealkylation sites (N-methyl/N-ethyl adjacent to an activating group) is 1. The van der Waals surface area contributed by atoms with Crippen LogP contribution in [0.3, 0.4) is 0 Å². The molecule has 2 aliphatic carbocycles. The van der Waals surface area contributed by atoms with Gasteiger partial charge in [-0.25, -0.2) is 4.98 Å². The van der Waals surface area contributed by atoms with Gasteiger partial charge in [-0.1, -0.05) is 18.2 Å². The van der Waals surface area contributed by atoms with Gasteiger partial charge in [-0.15, -0.1) is 0 Å². The minimum atomic E-state index is -0.156. The van der Waals surface area contributed by atoms with E-state index in [2.05, 4.69) is 10.3 Å². The van der Waals surface area contributed by atoms with Crippen LogP contribution in [0.2, 0.25) is 0 Å². The number of ether oxygens (including phenoxy) is 1. The standard InChI is InChI=1S/C24H29N3O3/c1-4-25-22(28)19-7-5-6-8-20-21(19)13-27(24(20)29)16(3)18-11-15(2)23(26-12-18)30-14-17-9-10-17/h6-8,11-12,16-17H,4-5,9-10,13-14H2,1-3H3,(H,25,28). The summed E-state index contributed by atoms with van der Waals surface area (Å²) in [6.45, 7) is 7.59. The van der Waals surface area contributed by atoms with Crippen molar-refractivity contribution in [1.82, 2.24) is 15.2 Å². The SMILES string of the molecule is CCNC(=O)C1=CCC=CC2=C1CN(C(C)c1cnc(OCC3CC3)c(C)c1)C2=O. The van der Waals surface area contributed by atoms with E-state index in [9.17, 15) is 9.59 Å². The fraction of sp³-hybridized carbons (Fsp3) is 0.458. The molecule has 1 unspecified atom stereocenters. The Balaban J connectivity index is 1.52. The maximum absolute atomic E-state index is 13.2. The lowest BCUT2D eigenvalue weighted by Crippen LogP contribution is -2.31. The molecule has 6 heteroatoms. The minimum Gasteiger partial charge on any atom is -0.477 e. The molecule has 1 N–H and O–H groups in total. The van der Waals surface area contributed by atoms with Crippen LogP contribution < -0.4 is 10.1 Å². The highest BCUT2D eigenvalue weighted by Gasteiger charge is 2.36. The van der Waals surface area contributed by atoms with Gasteiger partial charge < -0.3 is 15.0 Å². The Morgan fingerprint density at radius 2 is 2.20 bits per heavy atom. The Hall–Kier alpha value is -2.89. The summed E-state index contributed by atoms with van der Waals surface area (Å²) >= 11 is 0. The number of amides is 2. The summed E-state index contributed by atoms with van der Waals surface area (Å²) in [5.41, 5.74) is 3.97. The molecule has 30 heavy (non-hydrogen) atoms. The molecular formula is C24H29N3O3. The van der Waals surface area contributed by atoms with Crippen molar-refractivity contribution in [1.29, 1.82) is 0 Å². The normalized spacial score (nSPS) is 19.4. The Kier molecular flexibility index (Phi) is 5.75. The molecule has 4 rings (SSSR count). The number of carbonyl (C=O) groups is 2. The van der Waals surface area contributed by atoms with Crippen LogP contribution in [-0.2, 0) is 9.59 Å². The van der Waals surface area contributed by atoms with E-state index in [0.29, 0.717) is 42.5 Å². The molecule has 6 nitrogen and oxygen atoms in total. The molecule has 1 aliphatic heterocycles. The maximum Gasteiger partial charge on any atom is 0.255 e. The second-order valence-corrected chi connectivity index (χ2v) is 8.26. The highest BCUT2D eigenvalue weighted by Crippen LogP contribution is 2.35. The van der Waals surface area contributed by atoms with Crippen molar-refractivity contribution in [3.8, 4) is 5.88 Å². The number of hydrogen-bond donors (Lipinski definition) is 1. The van der Waals surface area contributed by atoms with Gasteiger partial charge in [0.25, 0.3) is 11.8 Å². The zero-order valence-electron chi connectivity index (χ0n) is 17.9. The van der Waals surface area contributed by atoms with Gasteiger partial charge in [-0.2, -0.15) is 0 Å². The molecule has 2 heterocycles. The molecule has 0 spiro atoms. The Bertz CT molecular complexity index is 956. The molecule has 1 atom stereocenters. The zero-order chi connectivity index (χ0) is 21.3. The van der Waals surface area contributed by atoms with Crippen molar-refractivity contribution in [2.75, 3.05) is 19.7 Å². The van der Waals surface area contributed by atoms with Crippen LogP contribution in [0, 0.1) is 12.8 Å². The van der Waals surface area contributed by atoms with Crippen molar-refractivity contribution in [2.45, 2.75) is 46.1 Å². The summed E-state index contributed by atoms with van der Waals surface area (Å²) in [5.74, 6) is 1.18. The zero-order valence-corrected chi connectivity index (χ0v) is 17.9. The summed E-state index contributed by atoms with van der Waals surface area (Å²) < 4.78 is 5.84. The van der Waals surface area contributed by atoms with Crippen molar-refractivity contribution >= 4 is 11.8 Å². The summed E-state index contributed by atoms with van der Waals surface area (Å²) in [7, 11) is 0. The van der Waals surface area contributed by atoms with Gasteiger partial charge in [0, 0.05) is 36.0 Å². The molecule has 0 bridgehead atoms. The topological polar surface area (TPSA) is 71.5 Å². The van der Waals surface area contributed by atoms with Crippen molar-refractivity contribution in [3.63, 3.8) is 0 Å². The summed E-state index contributed by atoms with van der Waals surface area (Å²) in [5, 5.41) is 2.86. The lowest BCUT2D eigenvalue weighted by Gasteiger charge is -2.26. The van der Waals surface area contributed by atoms with Crippen LogP contribution in [0.4, 0.5) is 0 Å². The van der Waals surface area contributed by atoms with E-state index in [0.717, 1.165) is 23.3 Å². The van der Waals surface area contributed by atoms with Crippen molar-refractivity contribution < 1.29 is 14.3 Å². The van der Waals surface area contributed by atoms with E-state index >= 15 is 0 Å². The molecule has 3 aliphatic rings. The highest BCUT2D eigenvalue weighted by atomic mass is 16.5. The van der Waals surface area contributed by atoms with E-state index in [1.807, 2.05) is 50.0 Å². The van der Waals surface area contributed by atoms with Crippen LogP contribution in [-0.4, -0.2) is 41.4 Å². The van der Waals surface area contributed by atoms with Gasteiger partial charge in [0.15, 0.2) is 0 Å². The van der Waals surface area contributed by atoms with Gasteiger partial charge >= 0.3 is 0 Å². The Morgan fingerprint density at radius 1 is 1.40 bits per heavy atom. The number of nitrogens with one attached hydrogen (secondary N) is 1. The average Bonchev–Trinajstić information content (AvgIpc) is 3.53. The number of aryl methyl sites for hydroxylation is 1. The first kappa shape index (κ1) is 20.4. The van der Waals surface area contributed by atoms with E-state index in [4.69, 9.17) is 4.74 Å². The van der Waals surface area contributed by atoms with Crippen molar-refractivity contribution in [3.05, 3.63) is 58.3 Å². The van der Waals surface area contributed by atoms with Gasteiger partial charge in [0.05, 0.1) is 12.6 Å². The molecule has 0 radical (unpaired) electrons. The summed E-state index contributed by atoms with van der Waals surface area (Å²) in [6, 6.07) is 1.89. The first-order valence-electron chi connectivity index (χ1n) is 10.8. The molecule has 1 aromatic heterocycles. The fourth-order valence-corrected chi connectivity index (χ4v) is 3.93. The number of hydrogen-bond acceptors (Lipinski definition) is 4. The van der Waals surface area contributed by atoms with Gasteiger partial charge in [-0.05, 0) is 63.2 Å². The first-order valence-corrected chi connectivity index (χ1v) is 10.8. The molecule has 2 amide bonds. The minimum absolute atomic E-state index is 0.0439. The number of pyridine rings is 1. The molecule has 0 saturated heterocycles. The van der Waals surface area contributed by atoms with E-state index in [1.54, 1.807) is 6.20 Å². The van der Waals surface area contributed by atoms with Gasteiger partial charge in [-0.3, -0.25) is 9.59 Å². The fourth-order valence-electron chi connectivity index (χ4n) is 3.93. The monoisotopic (exact) mass is 407 g/mol. The Labute approximate surface area is 177 Å². The molecule has 1 fully saturated rings. The molecule has 0 aromatic carbocycles. The first-order chi connectivity index (χ1) is 14.5. The third kappa shape index (κ3) is 4.04. The lowest BCUT2D eigenvalue weighted by molar-refractivity contribution is -0.127. The largest absolute Gasteiger partial charge is 0.477 e. The van der Waals surface area contributed by atoms with Gasteiger partial charge in [0.2, 0.25) is 5.88 Å². The maximum atomic E-state index is 13.2.